The standard InChI is InChI=1S/C17H13Cl4N5/c18-8-4-5-9(12(21)6-8)13-7-14(15-10(19)2-1-3-11(15)20)26-17(23-13)24-16(22)25-26/h1-6,13-14H,7H2,(H3,22,23,24,25)/t13-,14+/m0/s1. The molecule has 5 nitrogen and oxygen atoms in total. The van der Waals surface area contributed by atoms with Crippen molar-refractivity contribution < 1.29 is 0 Å². The molecule has 0 saturated carbocycles. The number of rotatable bonds is 2. The van der Waals surface area contributed by atoms with E-state index in [1.807, 2.05) is 6.07 Å². The number of nitrogens with zero attached hydrogens (tertiary/aromatic N) is 3. The van der Waals surface area contributed by atoms with Gasteiger partial charge in [-0.25, -0.2) is 4.68 Å². The van der Waals surface area contributed by atoms with E-state index in [9.17, 15) is 0 Å². The van der Waals surface area contributed by atoms with E-state index < -0.39 is 0 Å². The van der Waals surface area contributed by atoms with Crippen molar-refractivity contribution in [2.75, 3.05) is 11.1 Å². The Morgan fingerprint density at radius 3 is 2.46 bits per heavy atom. The Bertz CT molecular complexity index is 967. The summed E-state index contributed by atoms with van der Waals surface area (Å²) in [7, 11) is 0. The Morgan fingerprint density at radius 2 is 1.77 bits per heavy atom. The lowest BCUT2D eigenvalue weighted by molar-refractivity contribution is 0.432. The van der Waals surface area contributed by atoms with Crippen molar-refractivity contribution in [2.45, 2.75) is 18.5 Å². The maximum absolute atomic E-state index is 6.44. The molecule has 0 radical (unpaired) electrons. The molecule has 0 amide bonds. The van der Waals surface area contributed by atoms with Gasteiger partial charge >= 0.3 is 0 Å². The number of hydrogen-bond acceptors (Lipinski definition) is 4. The highest BCUT2D eigenvalue weighted by atomic mass is 35.5. The smallest absolute Gasteiger partial charge is 0.241 e. The number of nitrogen functional groups attached to an aromatic ring is 1. The Hall–Kier alpha value is -1.66. The molecule has 1 aromatic heterocycles. The van der Waals surface area contributed by atoms with E-state index in [2.05, 4.69) is 15.4 Å². The first kappa shape index (κ1) is 17.7. The van der Waals surface area contributed by atoms with Gasteiger partial charge in [-0.15, -0.1) is 5.10 Å². The molecule has 3 aromatic rings. The molecule has 0 fully saturated rings. The second-order valence-electron chi connectivity index (χ2n) is 5.99. The van der Waals surface area contributed by atoms with Gasteiger partial charge in [0.05, 0.1) is 12.1 Å². The van der Waals surface area contributed by atoms with Crippen LogP contribution < -0.4 is 11.1 Å². The lowest BCUT2D eigenvalue weighted by Gasteiger charge is -2.32. The zero-order valence-corrected chi connectivity index (χ0v) is 16.3. The molecule has 2 aromatic carbocycles. The van der Waals surface area contributed by atoms with Crippen LogP contribution in [0.4, 0.5) is 11.9 Å². The van der Waals surface area contributed by atoms with Crippen LogP contribution in [0.2, 0.25) is 20.1 Å². The van der Waals surface area contributed by atoms with E-state index in [1.165, 1.54) is 0 Å². The first-order chi connectivity index (χ1) is 12.4. The van der Waals surface area contributed by atoms with Crippen LogP contribution in [-0.2, 0) is 0 Å². The van der Waals surface area contributed by atoms with Gasteiger partial charge in [0.2, 0.25) is 11.9 Å². The quantitative estimate of drug-likeness (QED) is 0.555. The summed E-state index contributed by atoms with van der Waals surface area (Å²) >= 11 is 25.3. The average molecular weight is 429 g/mol. The summed E-state index contributed by atoms with van der Waals surface area (Å²) in [5.74, 6) is 0.703. The molecule has 0 aliphatic carbocycles. The number of nitrogens with two attached hydrogens (primary N) is 1. The van der Waals surface area contributed by atoms with Crippen molar-refractivity contribution in [1.29, 1.82) is 0 Å². The van der Waals surface area contributed by atoms with E-state index in [4.69, 9.17) is 52.1 Å². The van der Waals surface area contributed by atoms with Crippen molar-refractivity contribution in [3.63, 3.8) is 0 Å². The minimum atomic E-state index is -0.242. The number of aromatic nitrogens is 3. The van der Waals surface area contributed by atoms with Crippen molar-refractivity contribution in [2.24, 2.45) is 0 Å². The van der Waals surface area contributed by atoms with E-state index >= 15 is 0 Å². The normalized spacial score (nSPS) is 19.1. The Kier molecular flexibility index (Phi) is 4.65. The molecule has 26 heavy (non-hydrogen) atoms. The number of nitrogens with one attached hydrogen (secondary N) is 1. The fourth-order valence-corrected chi connectivity index (χ4v) is 4.44. The van der Waals surface area contributed by atoms with Gasteiger partial charge in [-0.1, -0.05) is 58.5 Å². The van der Waals surface area contributed by atoms with Crippen LogP contribution >= 0.6 is 46.4 Å². The minimum Gasteiger partial charge on any atom is -0.366 e. The van der Waals surface area contributed by atoms with Gasteiger partial charge in [0.25, 0.3) is 0 Å². The molecule has 4 rings (SSSR count). The molecular formula is C17H13Cl4N5. The molecule has 9 heteroatoms. The van der Waals surface area contributed by atoms with E-state index in [1.54, 1.807) is 35.0 Å². The third-order valence-corrected chi connectivity index (χ3v) is 5.60. The molecule has 2 atom stereocenters. The minimum absolute atomic E-state index is 0.131. The van der Waals surface area contributed by atoms with Gasteiger partial charge in [0.1, 0.15) is 0 Å². The van der Waals surface area contributed by atoms with E-state index in [-0.39, 0.29) is 18.0 Å². The molecule has 134 valence electrons. The second-order valence-corrected chi connectivity index (χ2v) is 7.65. The fourth-order valence-electron chi connectivity index (χ4n) is 3.25. The van der Waals surface area contributed by atoms with Crippen LogP contribution in [0.15, 0.2) is 36.4 Å². The summed E-state index contributed by atoms with van der Waals surface area (Å²) in [6.07, 6.45) is 0.612. The SMILES string of the molecule is Nc1nc2n(n1)[C@@H](c1c(Cl)cccc1Cl)C[C@@H](c1ccc(Cl)cc1Cl)N2. The molecule has 0 saturated heterocycles. The van der Waals surface area contributed by atoms with E-state index in [0.717, 1.165) is 11.1 Å². The summed E-state index contributed by atoms with van der Waals surface area (Å²) in [5, 5.41) is 9.90. The molecule has 3 N–H and O–H groups in total. The van der Waals surface area contributed by atoms with Crippen molar-refractivity contribution in [3.05, 3.63) is 67.6 Å². The average Bonchev–Trinajstić information content (AvgIpc) is 2.94. The number of hydrogen-bond donors (Lipinski definition) is 2. The molecule has 1 aliphatic rings. The number of benzene rings is 2. The van der Waals surface area contributed by atoms with Gasteiger partial charge in [-0.3, -0.25) is 0 Å². The zero-order valence-electron chi connectivity index (χ0n) is 13.3. The predicted molar refractivity (Wildman–Crippen MR) is 106 cm³/mol. The number of fused-ring (bicyclic) bond motifs is 1. The topological polar surface area (TPSA) is 68.8 Å². The Balaban J connectivity index is 1.83. The van der Waals surface area contributed by atoms with Gasteiger partial charge in [0.15, 0.2) is 0 Å². The first-order valence-corrected chi connectivity index (χ1v) is 9.32. The maximum Gasteiger partial charge on any atom is 0.241 e. The van der Waals surface area contributed by atoms with Crippen LogP contribution in [0.1, 0.15) is 29.6 Å². The van der Waals surface area contributed by atoms with Crippen LogP contribution in [0, 0.1) is 0 Å². The van der Waals surface area contributed by atoms with Gasteiger partial charge in [0, 0.05) is 25.7 Å². The highest BCUT2D eigenvalue weighted by Gasteiger charge is 2.33. The van der Waals surface area contributed by atoms with Gasteiger partial charge in [-0.05, 0) is 36.2 Å². The molecule has 1 aliphatic heterocycles. The summed E-state index contributed by atoms with van der Waals surface area (Å²) in [4.78, 5) is 4.27. The molecule has 2 heterocycles. The third-order valence-electron chi connectivity index (χ3n) is 4.38. The van der Waals surface area contributed by atoms with Crippen LogP contribution in [0.3, 0.4) is 0 Å². The summed E-state index contributed by atoms with van der Waals surface area (Å²) in [5.41, 5.74) is 7.49. The Morgan fingerprint density at radius 1 is 1.04 bits per heavy atom. The van der Waals surface area contributed by atoms with Crippen molar-refractivity contribution in [3.8, 4) is 0 Å². The van der Waals surface area contributed by atoms with Crippen LogP contribution in [0.5, 0.6) is 0 Å². The van der Waals surface area contributed by atoms with Crippen molar-refractivity contribution >= 4 is 58.3 Å². The summed E-state index contributed by atoms with van der Waals surface area (Å²) < 4.78 is 1.71. The highest BCUT2D eigenvalue weighted by molar-refractivity contribution is 6.36. The largest absolute Gasteiger partial charge is 0.366 e. The van der Waals surface area contributed by atoms with E-state index in [0.29, 0.717) is 32.5 Å². The monoisotopic (exact) mass is 427 g/mol. The maximum atomic E-state index is 6.44. The highest BCUT2D eigenvalue weighted by Crippen LogP contribution is 2.44. The lowest BCUT2D eigenvalue weighted by atomic mass is 9.93. The van der Waals surface area contributed by atoms with Crippen molar-refractivity contribution in [1.82, 2.24) is 14.8 Å². The van der Waals surface area contributed by atoms with Gasteiger partial charge < -0.3 is 11.1 Å². The molecule has 0 spiro atoms. The van der Waals surface area contributed by atoms with Crippen LogP contribution in [-0.4, -0.2) is 14.8 Å². The predicted octanol–water partition coefficient (Wildman–Crippen LogP) is 5.62. The number of anilines is 2. The lowest BCUT2D eigenvalue weighted by Crippen LogP contribution is -2.28. The fraction of sp³-hybridized carbons (Fsp3) is 0.176. The summed E-state index contributed by atoms with van der Waals surface area (Å²) in [6.45, 7) is 0. The van der Waals surface area contributed by atoms with Gasteiger partial charge in [-0.2, -0.15) is 4.98 Å². The third kappa shape index (κ3) is 3.09. The molecular weight excluding hydrogens is 416 g/mol. The Labute approximate surface area is 170 Å². The second kappa shape index (κ2) is 6.82. The van der Waals surface area contributed by atoms with Crippen LogP contribution in [0.25, 0.3) is 0 Å². The molecule has 0 unspecified atom stereocenters. The molecule has 0 bridgehead atoms. The number of halogens is 4. The summed E-state index contributed by atoms with van der Waals surface area (Å²) in [6, 6.07) is 10.4. The zero-order chi connectivity index (χ0) is 18.4. The first-order valence-electron chi connectivity index (χ1n) is 7.81.